The van der Waals surface area contributed by atoms with Gasteiger partial charge in [-0.1, -0.05) is 36.4 Å². The largest absolute Gasteiger partial charge is 0.354 e. The summed E-state index contributed by atoms with van der Waals surface area (Å²) < 4.78 is 13.8. The summed E-state index contributed by atoms with van der Waals surface area (Å²) in [5, 5.41) is 5.09. The lowest BCUT2D eigenvalue weighted by atomic mass is 9.89. The minimum atomic E-state index is -0.514. The maximum atomic E-state index is 13.8. The van der Waals surface area contributed by atoms with Crippen LogP contribution in [-0.4, -0.2) is 41.0 Å². The topological polar surface area (TPSA) is 95.6 Å². The normalized spacial score (nSPS) is 18.9. The molecule has 1 atom stereocenters. The van der Waals surface area contributed by atoms with E-state index in [1.54, 1.807) is 12.1 Å². The zero-order valence-electron chi connectivity index (χ0n) is 17.7. The van der Waals surface area contributed by atoms with Crippen molar-refractivity contribution >= 4 is 46.5 Å². The zero-order chi connectivity index (χ0) is 23.4. The van der Waals surface area contributed by atoms with E-state index in [0.29, 0.717) is 12.8 Å². The lowest BCUT2D eigenvalue weighted by Crippen LogP contribution is -2.37. The summed E-state index contributed by atoms with van der Waals surface area (Å²) in [6.45, 7) is 0.117. The number of amides is 4. The lowest BCUT2D eigenvalue weighted by Gasteiger charge is -2.24. The maximum absolute atomic E-state index is 13.8. The lowest BCUT2D eigenvalue weighted by molar-refractivity contribution is -0.125. The second kappa shape index (κ2) is 9.99. The number of benzene rings is 2. The number of rotatable bonds is 7. The number of fused-ring (bicyclic) bond motifs is 1. The van der Waals surface area contributed by atoms with E-state index in [9.17, 15) is 23.6 Å². The molecule has 4 amide bonds. The summed E-state index contributed by atoms with van der Waals surface area (Å²) in [4.78, 5) is 50.4. The SMILES string of the molecule is O=C(CCC1Cc2ccccc2NC1=O)NCCN1C(=O)S/C(=C\c2ccccc2F)C1=O. The predicted octanol–water partition coefficient (Wildman–Crippen LogP) is 3.57. The van der Waals surface area contributed by atoms with Gasteiger partial charge >= 0.3 is 0 Å². The highest BCUT2D eigenvalue weighted by molar-refractivity contribution is 8.18. The third-order valence-electron chi connectivity index (χ3n) is 5.56. The summed E-state index contributed by atoms with van der Waals surface area (Å²) in [5.41, 5.74) is 2.08. The summed E-state index contributed by atoms with van der Waals surface area (Å²) in [5.74, 6) is -1.63. The summed E-state index contributed by atoms with van der Waals surface area (Å²) >= 11 is 0.743. The number of anilines is 1. The number of halogens is 1. The third kappa shape index (κ3) is 5.31. The highest BCUT2D eigenvalue weighted by Crippen LogP contribution is 2.32. The van der Waals surface area contributed by atoms with Crippen molar-refractivity contribution in [3.05, 3.63) is 70.4 Å². The van der Waals surface area contributed by atoms with Crippen LogP contribution in [-0.2, 0) is 20.8 Å². The number of hydrogen-bond acceptors (Lipinski definition) is 5. The van der Waals surface area contributed by atoms with Gasteiger partial charge in [-0.05, 0) is 48.4 Å². The molecule has 9 heteroatoms. The molecule has 2 heterocycles. The second-order valence-electron chi connectivity index (χ2n) is 7.79. The first-order valence-corrected chi connectivity index (χ1v) is 11.4. The van der Waals surface area contributed by atoms with Crippen molar-refractivity contribution in [1.29, 1.82) is 0 Å². The van der Waals surface area contributed by atoms with Gasteiger partial charge in [0.25, 0.3) is 11.1 Å². The van der Waals surface area contributed by atoms with Crippen LogP contribution in [0.1, 0.15) is 24.0 Å². The van der Waals surface area contributed by atoms with Crippen LogP contribution in [0.3, 0.4) is 0 Å². The molecule has 2 N–H and O–H groups in total. The Hall–Kier alpha value is -3.46. The number of hydrogen-bond donors (Lipinski definition) is 2. The van der Waals surface area contributed by atoms with Crippen LogP contribution in [0, 0.1) is 11.7 Å². The molecule has 2 aromatic rings. The average molecular weight is 468 g/mol. The second-order valence-corrected chi connectivity index (χ2v) is 8.78. The number of thioether (sulfide) groups is 1. The summed E-state index contributed by atoms with van der Waals surface area (Å²) in [6.07, 6.45) is 2.50. The molecule has 1 fully saturated rings. The molecule has 1 unspecified atom stereocenters. The maximum Gasteiger partial charge on any atom is 0.293 e. The quantitative estimate of drug-likeness (QED) is 0.607. The number of nitrogens with one attached hydrogen (secondary N) is 2. The summed E-state index contributed by atoms with van der Waals surface area (Å²) in [7, 11) is 0. The monoisotopic (exact) mass is 467 g/mol. The van der Waals surface area contributed by atoms with Crippen molar-refractivity contribution in [2.75, 3.05) is 18.4 Å². The molecule has 33 heavy (non-hydrogen) atoms. The first kappa shape index (κ1) is 22.7. The van der Waals surface area contributed by atoms with Gasteiger partial charge in [-0.15, -0.1) is 0 Å². The smallest absolute Gasteiger partial charge is 0.293 e. The summed E-state index contributed by atoms with van der Waals surface area (Å²) in [6, 6.07) is 13.6. The van der Waals surface area contributed by atoms with E-state index in [4.69, 9.17) is 0 Å². The molecule has 0 bridgehead atoms. The minimum absolute atomic E-state index is 0.0162. The molecule has 7 nitrogen and oxygen atoms in total. The fourth-order valence-corrected chi connectivity index (χ4v) is 4.63. The van der Waals surface area contributed by atoms with E-state index >= 15 is 0 Å². The molecule has 2 aliphatic rings. The molecule has 0 aromatic heterocycles. The van der Waals surface area contributed by atoms with E-state index in [-0.39, 0.29) is 47.7 Å². The number of carbonyl (C=O) groups excluding carboxylic acids is 4. The Bertz CT molecular complexity index is 1150. The van der Waals surface area contributed by atoms with Crippen molar-refractivity contribution in [1.82, 2.24) is 10.2 Å². The van der Waals surface area contributed by atoms with Gasteiger partial charge in [-0.2, -0.15) is 0 Å². The van der Waals surface area contributed by atoms with Gasteiger partial charge < -0.3 is 10.6 Å². The average Bonchev–Trinajstić information content (AvgIpc) is 3.06. The Morgan fingerprint density at radius 2 is 1.91 bits per heavy atom. The van der Waals surface area contributed by atoms with Crippen molar-refractivity contribution in [3.63, 3.8) is 0 Å². The van der Waals surface area contributed by atoms with E-state index in [1.165, 1.54) is 18.2 Å². The molecular weight excluding hydrogens is 445 g/mol. The molecule has 2 aliphatic heterocycles. The molecule has 4 rings (SSSR count). The Morgan fingerprint density at radius 3 is 2.73 bits per heavy atom. The molecule has 0 spiro atoms. The third-order valence-corrected chi connectivity index (χ3v) is 6.46. The van der Waals surface area contributed by atoms with Crippen molar-refractivity contribution in [2.45, 2.75) is 19.3 Å². The Balaban J connectivity index is 1.24. The number of para-hydroxylation sites is 1. The van der Waals surface area contributed by atoms with Gasteiger partial charge in [-0.3, -0.25) is 24.1 Å². The highest BCUT2D eigenvalue weighted by Gasteiger charge is 2.35. The minimum Gasteiger partial charge on any atom is -0.354 e. The number of imide groups is 1. The van der Waals surface area contributed by atoms with Gasteiger partial charge in [0.05, 0.1) is 4.91 Å². The van der Waals surface area contributed by atoms with Crippen LogP contribution in [0.25, 0.3) is 6.08 Å². The van der Waals surface area contributed by atoms with Crippen LogP contribution in [0.15, 0.2) is 53.4 Å². The van der Waals surface area contributed by atoms with E-state index in [2.05, 4.69) is 10.6 Å². The van der Waals surface area contributed by atoms with Gasteiger partial charge in [0.2, 0.25) is 11.8 Å². The molecule has 0 radical (unpaired) electrons. The molecule has 170 valence electrons. The van der Waals surface area contributed by atoms with Gasteiger partial charge in [0, 0.05) is 36.7 Å². The van der Waals surface area contributed by atoms with Crippen molar-refractivity contribution in [3.8, 4) is 0 Å². The van der Waals surface area contributed by atoms with Crippen LogP contribution in [0.2, 0.25) is 0 Å². The Morgan fingerprint density at radius 1 is 1.15 bits per heavy atom. The number of nitrogens with zero attached hydrogens (tertiary/aromatic N) is 1. The molecule has 0 aliphatic carbocycles. The van der Waals surface area contributed by atoms with E-state index in [1.807, 2.05) is 24.3 Å². The fraction of sp³-hybridized carbons (Fsp3) is 0.250. The molecule has 1 saturated heterocycles. The van der Waals surface area contributed by atoms with Gasteiger partial charge in [0.1, 0.15) is 5.82 Å². The highest BCUT2D eigenvalue weighted by atomic mass is 32.2. The van der Waals surface area contributed by atoms with Crippen LogP contribution >= 0.6 is 11.8 Å². The first-order chi connectivity index (χ1) is 15.9. The molecular formula is C24H22FN3O4S. The fourth-order valence-electron chi connectivity index (χ4n) is 3.77. The zero-order valence-corrected chi connectivity index (χ0v) is 18.5. The van der Waals surface area contributed by atoms with Crippen molar-refractivity contribution in [2.24, 2.45) is 5.92 Å². The molecule has 2 aromatic carbocycles. The van der Waals surface area contributed by atoms with Gasteiger partial charge in [0.15, 0.2) is 0 Å². The standard InChI is InChI=1S/C24H22FN3O4S/c25-18-7-3-1-5-15(18)14-20-23(31)28(24(32)33-20)12-11-26-21(29)10-9-17-13-16-6-2-4-8-19(16)27-22(17)30/h1-8,14,17H,9-13H2,(H,26,29)(H,27,30)/b20-14-. The van der Waals surface area contributed by atoms with E-state index in [0.717, 1.165) is 27.9 Å². The Labute approximate surface area is 194 Å². The predicted molar refractivity (Wildman–Crippen MR) is 124 cm³/mol. The van der Waals surface area contributed by atoms with Gasteiger partial charge in [-0.25, -0.2) is 4.39 Å². The van der Waals surface area contributed by atoms with Crippen LogP contribution < -0.4 is 10.6 Å². The Kier molecular flexibility index (Phi) is 6.88. The van der Waals surface area contributed by atoms with Crippen LogP contribution in [0.5, 0.6) is 0 Å². The first-order valence-electron chi connectivity index (χ1n) is 10.6. The molecule has 0 saturated carbocycles. The van der Waals surface area contributed by atoms with Crippen molar-refractivity contribution < 1.29 is 23.6 Å². The van der Waals surface area contributed by atoms with Crippen LogP contribution in [0.4, 0.5) is 14.9 Å². The van der Waals surface area contributed by atoms with E-state index < -0.39 is 17.0 Å². The number of carbonyl (C=O) groups is 4.